The van der Waals surface area contributed by atoms with Gasteiger partial charge in [-0.15, -0.1) is 0 Å². The number of alkyl halides is 3. The van der Waals surface area contributed by atoms with E-state index in [9.17, 15) is 0 Å². The van der Waals surface area contributed by atoms with E-state index in [-0.39, 0.29) is 16.4 Å². The molecular weight excluding hydrogens is 345 g/mol. The Labute approximate surface area is 107 Å². The molecule has 0 heterocycles. The molecule has 0 radical (unpaired) electrons. The number of halogens is 3. The van der Waals surface area contributed by atoms with Crippen LogP contribution in [0.5, 0.6) is 0 Å². The molecule has 3 N–H and O–H groups in total. The van der Waals surface area contributed by atoms with Gasteiger partial charge in [-0.1, -0.05) is 0 Å². The molecule has 7 heteroatoms. The third-order valence-electron chi connectivity index (χ3n) is 1.14. The smallest absolute Gasteiger partial charge is 0.870 e. The van der Waals surface area contributed by atoms with Gasteiger partial charge in [0.1, 0.15) is 0 Å². The predicted molar refractivity (Wildman–Crippen MR) is 55.1 cm³/mol. The van der Waals surface area contributed by atoms with Crippen LogP contribution in [0.15, 0.2) is 0 Å². The van der Waals surface area contributed by atoms with Crippen LogP contribution in [0.4, 0.5) is 0 Å². The van der Waals surface area contributed by atoms with Gasteiger partial charge in [0.15, 0.2) is 0 Å². The molecule has 0 aliphatic carbocycles. The fourth-order valence-corrected chi connectivity index (χ4v) is 1.74. The van der Waals surface area contributed by atoms with Crippen molar-refractivity contribution in [2.75, 3.05) is 0 Å². The normalized spacial score (nSPS) is 9.31. The minimum absolute atomic E-state index is 0. The maximum absolute atomic E-state index is 5.55. The van der Waals surface area contributed by atoms with E-state index < -0.39 is 3.79 Å². The molecule has 0 aromatic heterocycles. The van der Waals surface area contributed by atoms with Gasteiger partial charge in [-0.3, -0.25) is 0 Å². The van der Waals surface area contributed by atoms with Crippen LogP contribution in [0.3, 0.4) is 0 Å². The van der Waals surface area contributed by atoms with E-state index in [1.807, 2.05) is 0 Å². The van der Waals surface area contributed by atoms with Crippen LogP contribution in [-0.2, 0) is 0 Å². The summed E-state index contributed by atoms with van der Waals surface area (Å²) in [5.74, 6) is 0. The van der Waals surface area contributed by atoms with Gasteiger partial charge in [-0.05, 0) is 0 Å². The molecule has 0 aromatic carbocycles. The van der Waals surface area contributed by atoms with E-state index in [1.165, 1.54) is 17.3 Å². The van der Waals surface area contributed by atoms with Crippen molar-refractivity contribution in [3.63, 3.8) is 0 Å². The molecule has 0 saturated heterocycles. The van der Waals surface area contributed by atoms with Gasteiger partial charge in [0.2, 0.25) is 0 Å². The molecule has 0 aliphatic heterocycles. The summed E-state index contributed by atoms with van der Waals surface area (Å²) in [6.45, 7) is 0. The van der Waals surface area contributed by atoms with Crippen LogP contribution < -0.4 is 0 Å². The average Bonchev–Trinajstić information content (AvgIpc) is 1.78. The van der Waals surface area contributed by atoms with Gasteiger partial charge in [0.25, 0.3) is 0 Å². The summed E-state index contributed by atoms with van der Waals surface area (Å²) < 4.78 is 0.285. The first-order valence-electron chi connectivity index (χ1n) is 3.27. The molecule has 0 bridgehead atoms. The summed E-state index contributed by atoms with van der Waals surface area (Å²) in [5.41, 5.74) is 0. The van der Waals surface area contributed by atoms with Gasteiger partial charge >= 0.3 is 91.2 Å². The van der Waals surface area contributed by atoms with E-state index in [4.69, 9.17) is 34.8 Å². The van der Waals surface area contributed by atoms with Crippen LogP contribution in [0.2, 0.25) is 4.44 Å². The maximum atomic E-state index is 5.55. The largest absolute Gasteiger partial charge is 0.870 e. The van der Waals surface area contributed by atoms with Crippen molar-refractivity contribution in [2.24, 2.45) is 0 Å². The minimum atomic E-state index is -1.03. The number of unbranched alkanes of at least 4 members (excludes halogenated alkanes) is 2. The van der Waals surface area contributed by atoms with E-state index >= 15 is 0 Å². The van der Waals surface area contributed by atoms with Crippen LogP contribution in [0.25, 0.3) is 0 Å². The summed E-state index contributed by atoms with van der Waals surface area (Å²) in [5, 5.41) is 0. The van der Waals surface area contributed by atoms with Gasteiger partial charge in [0, 0.05) is 0 Å². The fraction of sp³-hybridized carbons (Fsp3) is 1.00. The topological polar surface area (TPSA) is 90.0 Å². The number of hydrogen-bond donors (Lipinski definition) is 0. The Kier molecular flexibility index (Phi) is 25.0. The molecule has 0 fully saturated rings. The third-order valence-corrected chi connectivity index (χ3v) is 2.71. The minimum Gasteiger partial charge on any atom is -0.870 e. The second-order valence-electron chi connectivity index (χ2n) is 2.18. The molecule has 0 aromatic rings. The molecule has 0 amide bonds. The quantitative estimate of drug-likeness (QED) is 0.440. The molecule has 0 rings (SSSR count). The van der Waals surface area contributed by atoms with Crippen LogP contribution in [0, 0.1) is 0 Å². The van der Waals surface area contributed by atoms with Crippen molar-refractivity contribution in [2.45, 2.75) is 33.9 Å². The van der Waals surface area contributed by atoms with Gasteiger partial charge in [-0.2, -0.15) is 0 Å². The maximum Gasteiger partial charge on any atom is -0.870 e. The monoisotopic (exact) mass is 358 g/mol. The van der Waals surface area contributed by atoms with Crippen molar-refractivity contribution in [1.29, 1.82) is 0 Å². The molecule has 3 nitrogen and oxygen atoms in total. The van der Waals surface area contributed by atoms with Crippen molar-refractivity contribution in [3.05, 3.63) is 0 Å². The molecule has 0 aliphatic rings. The van der Waals surface area contributed by atoms with Gasteiger partial charge in [0.05, 0.1) is 0 Å². The van der Waals surface area contributed by atoms with Gasteiger partial charge in [-0.25, -0.2) is 0 Å². The molecular formula is C6H13Cl3O3Sn. The zero-order valence-corrected chi connectivity index (χ0v) is 12.1. The molecule has 0 unspecified atom stereocenters. The summed E-state index contributed by atoms with van der Waals surface area (Å²) in [7, 11) is 0. The van der Waals surface area contributed by atoms with Crippen molar-refractivity contribution < 1.29 is 16.4 Å². The molecule has 0 atom stereocenters. The SMILES string of the molecule is ClC(Cl)(Cl)CCCC[CH2][Sn+3].[OH-].[OH-].[OH-]. The van der Waals surface area contributed by atoms with Crippen molar-refractivity contribution in [3.8, 4) is 0 Å². The summed E-state index contributed by atoms with van der Waals surface area (Å²) in [6, 6.07) is 0. The van der Waals surface area contributed by atoms with Crippen LogP contribution in [-0.4, -0.2) is 42.7 Å². The van der Waals surface area contributed by atoms with E-state index in [1.54, 1.807) is 22.5 Å². The van der Waals surface area contributed by atoms with Crippen molar-refractivity contribution >= 4 is 57.3 Å². The standard InChI is InChI=1S/C6H10Cl3.3H2O.Sn/c1-2-3-4-5-6(7,8)9;;;;/h1-5H2;3*1H2;/q;;;;+3/p-3. The molecule has 13 heavy (non-hydrogen) atoms. The summed E-state index contributed by atoms with van der Waals surface area (Å²) in [4.78, 5) is 0. The van der Waals surface area contributed by atoms with Crippen LogP contribution >= 0.6 is 34.8 Å². The first kappa shape index (κ1) is 24.0. The summed E-state index contributed by atoms with van der Waals surface area (Å²) in [6.07, 6.45) is 4.19. The first-order chi connectivity index (χ1) is 4.56. The van der Waals surface area contributed by atoms with E-state index in [0.717, 1.165) is 6.42 Å². The Morgan fingerprint density at radius 3 is 1.62 bits per heavy atom. The van der Waals surface area contributed by atoms with Crippen LogP contribution in [0.1, 0.15) is 25.7 Å². The Morgan fingerprint density at radius 2 is 1.31 bits per heavy atom. The fourth-order valence-electron chi connectivity index (χ4n) is 0.627. The Balaban J connectivity index is -0.000000135. The van der Waals surface area contributed by atoms with E-state index in [2.05, 4.69) is 0 Å². The first-order valence-corrected chi connectivity index (χ1v) is 6.43. The average molecular weight is 358 g/mol. The van der Waals surface area contributed by atoms with Crippen molar-refractivity contribution in [1.82, 2.24) is 0 Å². The Bertz CT molecular complexity index is 89.7. The van der Waals surface area contributed by atoms with E-state index in [0.29, 0.717) is 6.42 Å². The second-order valence-corrected chi connectivity index (χ2v) is 6.12. The third kappa shape index (κ3) is 24.7. The predicted octanol–water partition coefficient (Wildman–Crippen LogP) is 2.97. The zero-order chi connectivity index (χ0) is 8.04. The zero-order valence-electron chi connectivity index (χ0n) is 7.01. The Hall–Kier alpha value is 1.55. The molecule has 0 spiro atoms. The summed E-state index contributed by atoms with van der Waals surface area (Å²) >= 11 is 18.2. The number of rotatable bonds is 4. The second kappa shape index (κ2) is 13.5. The van der Waals surface area contributed by atoms with Gasteiger partial charge < -0.3 is 16.4 Å². The number of hydrogen-bond acceptors (Lipinski definition) is 3. The Morgan fingerprint density at radius 1 is 0.846 bits per heavy atom. The molecule has 80 valence electrons. The molecule has 0 saturated carbocycles.